The summed E-state index contributed by atoms with van der Waals surface area (Å²) in [5, 5.41) is 8.16. The summed E-state index contributed by atoms with van der Waals surface area (Å²) < 4.78 is 24.5. The Hall–Kier alpha value is -2.47. The fourth-order valence-corrected chi connectivity index (χ4v) is 3.26. The lowest BCUT2D eigenvalue weighted by atomic mass is 9.95. The van der Waals surface area contributed by atoms with E-state index in [1.54, 1.807) is 30.5 Å². The molecule has 0 unspecified atom stereocenters. The molecule has 0 N–H and O–H groups in total. The third-order valence-corrected chi connectivity index (χ3v) is 4.38. The number of hydrogen-bond acceptors (Lipinski definition) is 5. The van der Waals surface area contributed by atoms with Gasteiger partial charge >= 0.3 is 0 Å². The average Bonchev–Trinajstić information content (AvgIpc) is 3.26. The number of halogens is 1. The third kappa shape index (κ3) is 3.10. The van der Waals surface area contributed by atoms with E-state index in [-0.39, 0.29) is 11.9 Å². The van der Waals surface area contributed by atoms with Gasteiger partial charge in [0.15, 0.2) is 5.76 Å². The standard InChI is InChI=1S/C18H18FN3O2/c19-14-6-3-5-13(11-14)15-7-1-2-9-22(15)12-17-20-21-18(24-17)16-8-4-10-23-16/h3-6,8,10-11,15H,1-2,7,9,12H2/t15-/m1/s1. The second-order valence-corrected chi connectivity index (χ2v) is 6.02. The molecule has 4 rings (SSSR count). The first kappa shape index (κ1) is 15.1. The molecule has 1 saturated heterocycles. The first-order valence-electron chi connectivity index (χ1n) is 8.15. The number of nitrogens with zero attached hydrogens (tertiary/aromatic N) is 3. The SMILES string of the molecule is Fc1cccc([C@H]2CCCCN2Cc2nnc(-c3ccco3)o2)c1. The highest BCUT2D eigenvalue weighted by atomic mass is 19.1. The molecular weight excluding hydrogens is 309 g/mol. The van der Waals surface area contributed by atoms with Crippen molar-refractivity contribution in [2.75, 3.05) is 6.54 Å². The van der Waals surface area contributed by atoms with E-state index in [9.17, 15) is 4.39 Å². The second kappa shape index (κ2) is 6.57. The number of rotatable bonds is 4. The maximum Gasteiger partial charge on any atom is 0.283 e. The lowest BCUT2D eigenvalue weighted by Crippen LogP contribution is -2.33. The van der Waals surface area contributed by atoms with Crippen LogP contribution in [-0.2, 0) is 6.54 Å². The molecular formula is C18H18FN3O2. The van der Waals surface area contributed by atoms with Gasteiger partial charge < -0.3 is 8.83 Å². The van der Waals surface area contributed by atoms with E-state index in [1.165, 1.54) is 6.07 Å². The second-order valence-electron chi connectivity index (χ2n) is 6.02. The Labute approximate surface area is 139 Å². The summed E-state index contributed by atoms with van der Waals surface area (Å²) in [6.07, 6.45) is 4.83. The zero-order valence-electron chi connectivity index (χ0n) is 13.2. The largest absolute Gasteiger partial charge is 0.459 e. The molecule has 1 aromatic carbocycles. The van der Waals surface area contributed by atoms with E-state index in [2.05, 4.69) is 15.1 Å². The van der Waals surface area contributed by atoms with Crippen LogP contribution in [-0.4, -0.2) is 21.6 Å². The molecule has 0 saturated carbocycles. The van der Waals surface area contributed by atoms with Crippen molar-refractivity contribution in [1.29, 1.82) is 0 Å². The minimum absolute atomic E-state index is 0.174. The minimum atomic E-state index is -0.198. The average molecular weight is 327 g/mol. The van der Waals surface area contributed by atoms with Crippen molar-refractivity contribution in [3.05, 3.63) is 59.9 Å². The van der Waals surface area contributed by atoms with E-state index >= 15 is 0 Å². The van der Waals surface area contributed by atoms with Gasteiger partial charge in [0.2, 0.25) is 5.89 Å². The fraction of sp³-hybridized carbons (Fsp3) is 0.333. The molecule has 5 nitrogen and oxygen atoms in total. The molecule has 3 heterocycles. The Kier molecular flexibility index (Phi) is 4.13. The predicted molar refractivity (Wildman–Crippen MR) is 85.4 cm³/mol. The Balaban J connectivity index is 1.53. The first-order valence-corrected chi connectivity index (χ1v) is 8.15. The van der Waals surface area contributed by atoms with E-state index in [0.717, 1.165) is 31.4 Å². The van der Waals surface area contributed by atoms with Crippen LogP contribution < -0.4 is 0 Å². The number of aromatic nitrogens is 2. The molecule has 0 radical (unpaired) electrons. The minimum Gasteiger partial charge on any atom is -0.459 e. The molecule has 124 valence electrons. The lowest BCUT2D eigenvalue weighted by molar-refractivity contribution is 0.127. The summed E-state index contributed by atoms with van der Waals surface area (Å²) in [6.45, 7) is 1.48. The molecule has 0 spiro atoms. The van der Waals surface area contributed by atoms with E-state index in [1.807, 2.05) is 6.07 Å². The Bertz CT molecular complexity index is 800. The molecule has 2 aromatic heterocycles. The van der Waals surface area contributed by atoms with Crippen LogP contribution in [0.2, 0.25) is 0 Å². The zero-order chi connectivity index (χ0) is 16.4. The molecule has 1 atom stereocenters. The smallest absolute Gasteiger partial charge is 0.283 e. The first-order chi connectivity index (χ1) is 11.8. The van der Waals surface area contributed by atoms with Gasteiger partial charge in [-0.3, -0.25) is 4.90 Å². The van der Waals surface area contributed by atoms with Crippen LogP contribution in [0.4, 0.5) is 4.39 Å². The van der Waals surface area contributed by atoms with Crippen molar-refractivity contribution >= 4 is 0 Å². The number of hydrogen-bond donors (Lipinski definition) is 0. The highest BCUT2D eigenvalue weighted by Crippen LogP contribution is 2.32. The summed E-state index contributed by atoms with van der Waals surface area (Å²) in [4.78, 5) is 2.28. The summed E-state index contributed by atoms with van der Waals surface area (Å²) in [5.74, 6) is 1.30. The fourth-order valence-electron chi connectivity index (χ4n) is 3.26. The number of likely N-dealkylation sites (tertiary alicyclic amines) is 1. The molecule has 3 aromatic rings. The predicted octanol–water partition coefficient (Wildman–Crippen LogP) is 4.20. The monoisotopic (exact) mass is 327 g/mol. The number of furan rings is 1. The van der Waals surface area contributed by atoms with Crippen molar-refractivity contribution in [2.45, 2.75) is 31.8 Å². The van der Waals surface area contributed by atoms with Gasteiger partial charge in [0, 0.05) is 6.04 Å². The zero-order valence-corrected chi connectivity index (χ0v) is 13.2. The van der Waals surface area contributed by atoms with E-state index < -0.39 is 0 Å². The van der Waals surface area contributed by atoms with Crippen LogP contribution in [0, 0.1) is 5.82 Å². The Morgan fingerprint density at radius 2 is 2.12 bits per heavy atom. The quantitative estimate of drug-likeness (QED) is 0.719. The normalized spacial score (nSPS) is 18.8. The van der Waals surface area contributed by atoms with Gasteiger partial charge in [-0.1, -0.05) is 18.6 Å². The van der Waals surface area contributed by atoms with Crippen molar-refractivity contribution in [3.63, 3.8) is 0 Å². The molecule has 6 heteroatoms. The van der Waals surface area contributed by atoms with Crippen LogP contribution in [0.3, 0.4) is 0 Å². The van der Waals surface area contributed by atoms with Crippen LogP contribution in [0.5, 0.6) is 0 Å². The molecule has 1 fully saturated rings. The van der Waals surface area contributed by atoms with Crippen molar-refractivity contribution in [3.8, 4) is 11.7 Å². The van der Waals surface area contributed by atoms with Gasteiger partial charge in [0.25, 0.3) is 5.89 Å². The van der Waals surface area contributed by atoms with E-state index in [0.29, 0.717) is 24.1 Å². The topological polar surface area (TPSA) is 55.3 Å². The number of piperidine rings is 1. The maximum atomic E-state index is 13.6. The summed E-state index contributed by atoms with van der Waals surface area (Å²) in [5.41, 5.74) is 1.00. The lowest BCUT2D eigenvalue weighted by Gasteiger charge is -2.35. The molecule has 1 aliphatic rings. The summed E-state index contributed by atoms with van der Waals surface area (Å²) in [7, 11) is 0. The molecule has 0 amide bonds. The van der Waals surface area contributed by atoms with Crippen LogP contribution in [0.1, 0.15) is 36.8 Å². The number of benzene rings is 1. The van der Waals surface area contributed by atoms with Gasteiger partial charge in [-0.05, 0) is 49.2 Å². The third-order valence-electron chi connectivity index (χ3n) is 4.38. The van der Waals surface area contributed by atoms with Gasteiger partial charge in [-0.25, -0.2) is 4.39 Å². The summed E-state index contributed by atoms with van der Waals surface area (Å²) >= 11 is 0. The van der Waals surface area contributed by atoms with Gasteiger partial charge in [0.05, 0.1) is 12.8 Å². The van der Waals surface area contributed by atoms with Gasteiger partial charge in [0.1, 0.15) is 5.82 Å². The highest BCUT2D eigenvalue weighted by Gasteiger charge is 2.26. The Morgan fingerprint density at radius 3 is 2.96 bits per heavy atom. The van der Waals surface area contributed by atoms with Crippen molar-refractivity contribution < 1.29 is 13.2 Å². The Morgan fingerprint density at radius 1 is 1.17 bits per heavy atom. The molecule has 0 bridgehead atoms. The van der Waals surface area contributed by atoms with Gasteiger partial charge in [-0.15, -0.1) is 10.2 Å². The molecule has 1 aliphatic heterocycles. The van der Waals surface area contributed by atoms with Crippen LogP contribution in [0.15, 0.2) is 51.5 Å². The van der Waals surface area contributed by atoms with Crippen LogP contribution >= 0.6 is 0 Å². The van der Waals surface area contributed by atoms with Crippen molar-refractivity contribution in [1.82, 2.24) is 15.1 Å². The highest BCUT2D eigenvalue weighted by molar-refractivity contribution is 5.42. The molecule has 24 heavy (non-hydrogen) atoms. The maximum absolute atomic E-state index is 13.6. The van der Waals surface area contributed by atoms with Gasteiger partial charge in [-0.2, -0.15) is 0 Å². The van der Waals surface area contributed by atoms with E-state index in [4.69, 9.17) is 8.83 Å². The molecule has 0 aliphatic carbocycles. The van der Waals surface area contributed by atoms with Crippen LogP contribution in [0.25, 0.3) is 11.7 Å². The summed E-state index contributed by atoms with van der Waals surface area (Å²) in [6, 6.07) is 10.6. The van der Waals surface area contributed by atoms with Crippen molar-refractivity contribution in [2.24, 2.45) is 0 Å².